The van der Waals surface area contributed by atoms with E-state index < -0.39 is 17.7 Å². The van der Waals surface area contributed by atoms with E-state index >= 15 is 0 Å². The molecule has 0 aromatic heterocycles. The van der Waals surface area contributed by atoms with Gasteiger partial charge in [-0.15, -0.1) is 0 Å². The first kappa shape index (κ1) is 31.3. The number of piperazine rings is 1. The minimum absolute atomic E-state index is 0.0210. The zero-order valence-corrected chi connectivity index (χ0v) is 24.9. The number of carbonyl (C=O) groups excluding carboxylic acids is 3. The van der Waals surface area contributed by atoms with Crippen molar-refractivity contribution in [1.29, 1.82) is 0 Å². The van der Waals surface area contributed by atoms with Gasteiger partial charge in [-0.05, 0) is 62.3 Å². The fraction of sp³-hybridized carbons (Fsp3) is 0.531. The topological polar surface area (TPSA) is 120 Å². The number of esters is 1. The van der Waals surface area contributed by atoms with Gasteiger partial charge in [0.25, 0.3) is 0 Å². The van der Waals surface area contributed by atoms with Crippen LogP contribution in [0.2, 0.25) is 0 Å². The lowest BCUT2D eigenvalue weighted by Gasteiger charge is -2.34. The SMILES string of the molecule is CC(C)(C)OC(=O)CN1CCN(C(=O)NCCCC[C@H](CO)NC(=O)OCC2c3ccccc3-c3ccccc32)CC1. The number of fused-ring (bicyclic) bond motifs is 3. The second kappa shape index (κ2) is 14.5. The van der Waals surface area contributed by atoms with Gasteiger partial charge in [0.1, 0.15) is 12.2 Å². The van der Waals surface area contributed by atoms with Crippen LogP contribution in [0.5, 0.6) is 0 Å². The normalized spacial score (nSPS) is 15.9. The zero-order chi connectivity index (χ0) is 30.1. The Bertz CT molecular complexity index is 1180. The van der Waals surface area contributed by atoms with Crippen LogP contribution in [-0.2, 0) is 14.3 Å². The lowest BCUT2D eigenvalue weighted by molar-refractivity contribution is -0.156. The Balaban J connectivity index is 1.10. The quantitative estimate of drug-likeness (QED) is 0.274. The molecule has 0 bridgehead atoms. The third-order valence-corrected chi connectivity index (χ3v) is 7.57. The molecule has 0 spiro atoms. The summed E-state index contributed by atoms with van der Waals surface area (Å²) in [5, 5.41) is 15.5. The molecular formula is C32H44N4O6. The van der Waals surface area contributed by atoms with Crippen LogP contribution in [0, 0.1) is 0 Å². The highest BCUT2D eigenvalue weighted by Crippen LogP contribution is 2.44. The second-order valence-electron chi connectivity index (χ2n) is 11.9. The van der Waals surface area contributed by atoms with Crippen molar-refractivity contribution in [1.82, 2.24) is 20.4 Å². The standard InChI is InChI=1S/C32H44N4O6/c1-32(2,3)42-29(38)20-35-16-18-36(19-17-35)30(39)33-15-9-8-10-23(21-37)34-31(40)41-22-28-26-13-6-4-11-24(26)25-12-5-7-14-27(25)28/h4-7,11-14,23,28,37H,8-10,15-22H2,1-3H3,(H,33,39)(H,34,40)/t23-/m1/s1. The van der Waals surface area contributed by atoms with Crippen LogP contribution >= 0.6 is 0 Å². The Hall–Kier alpha value is -3.63. The zero-order valence-electron chi connectivity index (χ0n) is 24.9. The number of nitrogens with one attached hydrogen (secondary N) is 2. The van der Waals surface area contributed by atoms with Crippen LogP contribution in [0.25, 0.3) is 11.1 Å². The van der Waals surface area contributed by atoms with Crippen LogP contribution in [0.4, 0.5) is 9.59 Å². The number of benzene rings is 2. The molecule has 0 radical (unpaired) electrons. The molecule has 1 saturated heterocycles. The second-order valence-corrected chi connectivity index (χ2v) is 11.9. The van der Waals surface area contributed by atoms with E-state index in [0.29, 0.717) is 45.6 Å². The van der Waals surface area contributed by atoms with Crippen molar-refractivity contribution in [3.8, 4) is 11.1 Å². The highest BCUT2D eigenvalue weighted by atomic mass is 16.6. The molecule has 1 aliphatic heterocycles. The predicted octanol–water partition coefficient (Wildman–Crippen LogP) is 3.73. The lowest BCUT2D eigenvalue weighted by atomic mass is 9.98. The monoisotopic (exact) mass is 580 g/mol. The third-order valence-electron chi connectivity index (χ3n) is 7.57. The van der Waals surface area contributed by atoms with Gasteiger partial charge >= 0.3 is 18.1 Å². The summed E-state index contributed by atoms with van der Waals surface area (Å²) in [4.78, 5) is 40.9. The fourth-order valence-corrected chi connectivity index (χ4v) is 5.50. The van der Waals surface area contributed by atoms with E-state index in [1.807, 2.05) is 49.9 Å². The van der Waals surface area contributed by atoms with Crippen molar-refractivity contribution < 1.29 is 29.0 Å². The minimum atomic E-state index is -0.546. The van der Waals surface area contributed by atoms with Crippen molar-refractivity contribution in [2.75, 3.05) is 52.5 Å². The molecule has 3 N–H and O–H groups in total. The minimum Gasteiger partial charge on any atom is -0.459 e. The third kappa shape index (κ3) is 8.69. The largest absolute Gasteiger partial charge is 0.459 e. The van der Waals surface area contributed by atoms with E-state index in [4.69, 9.17) is 9.47 Å². The average molecular weight is 581 g/mol. The number of ether oxygens (including phenoxy) is 2. The molecule has 1 aliphatic carbocycles. The summed E-state index contributed by atoms with van der Waals surface area (Å²) in [6.45, 7) is 8.62. The molecule has 3 amide bonds. The van der Waals surface area contributed by atoms with Gasteiger partial charge in [0.05, 0.1) is 19.2 Å². The first-order valence-corrected chi connectivity index (χ1v) is 14.8. The molecule has 1 fully saturated rings. The average Bonchev–Trinajstić information content (AvgIpc) is 3.28. The molecule has 10 nitrogen and oxygen atoms in total. The van der Waals surface area contributed by atoms with Crippen molar-refractivity contribution in [2.45, 2.75) is 57.6 Å². The maximum Gasteiger partial charge on any atom is 0.407 e. The van der Waals surface area contributed by atoms with Gasteiger partial charge in [-0.1, -0.05) is 48.5 Å². The van der Waals surface area contributed by atoms with Gasteiger partial charge < -0.3 is 30.1 Å². The van der Waals surface area contributed by atoms with Gasteiger partial charge in [0.2, 0.25) is 0 Å². The fourth-order valence-electron chi connectivity index (χ4n) is 5.50. The molecule has 0 unspecified atom stereocenters. The predicted molar refractivity (Wildman–Crippen MR) is 160 cm³/mol. The lowest BCUT2D eigenvalue weighted by Crippen LogP contribution is -2.53. The Kier molecular flexibility index (Phi) is 10.8. The number of unbranched alkanes of at least 4 members (excludes halogenated alkanes) is 1. The van der Waals surface area contributed by atoms with Gasteiger partial charge in [-0.2, -0.15) is 0 Å². The van der Waals surface area contributed by atoms with Crippen LogP contribution in [-0.4, -0.2) is 97.1 Å². The van der Waals surface area contributed by atoms with Crippen molar-refractivity contribution in [2.24, 2.45) is 0 Å². The Morgan fingerprint density at radius 3 is 2.17 bits per heavy atom. The Morgan fingerprint density at radius 2 is 1.57 bits per heavy atom. The van der Waals surface area contributed by atoms with Crippen LogP contribution < -0.4 is 10.6 Å². The molecular weight excluding hydrogens is 536 g/mol. The number of urea groups is 1. The molecule has 1 heterocycles. The number of aliphatic hydroxyl groups excluding tert-OH is 1. The van der Waals surface area contributed by atoms with E-state index in [9.17, 15) is 19.5 Å². The maximum absolute atomic E-state index is 12.6. The van der Waals surface area contributed by atoms with E-state index in [2.05, 4.69) is 34.9 Å². The molecule has 42 heavy (non-hydrogen) atoms. The number of alkyl carbamates (subject to hydrolysis) is 1. The summed E-state index contributed by atoms with van der Waals surface area (Å²) in [6.07, 6.45) is 1.46. The molecule has 0 saturated carbocycles. The first-order valence-electron chi connectivity index (χ1n) is 14.8. The summed E-state index contributed by atoms with van der Waals surface area (Å²) >= 11 is 0. The van der Waals surface area contributed by atoms with Crippen LogP contribution in [0.15, 0.2) is 48.5 Å². The Labute approximate surface area is 248 Å². The molecule has 2 aliphatic rings. The molecule has 1 atom stereocenters. The number of hydrogen-bond acceptors (Lipinski definition) is 7. The summed E-state index contributed by atoms with van der Waals surface area (Å²) in [5.74, 6) is -0.276. The van der Waals surface area contributed by atoms with Gasteiger partial charge in [-0.3, -0.25) is 9.69 Å². The highest BCUT2D eigenvalue weighted by Gasteiger charge is 2.29. The highest BCUT2D eigenvalue weighted by molar-refractivity contribution is 5.79. The van der Waals surface area contributed by atoms with E-state index in [0.717, 1.165) is 17.5 Å². The molecule has 10 heteroatoms. The van der Waals surface area contributed by atoms with Crippen molar-refractivity contribution in [3.63, 3.8) is 0 Å². The van der Waals surface area contributed by atoms with Crippen LogP contribution in [0.3, 0.4) is 0 Å². The van der Waals surface area contributed by atoms with Crippen molar-refractivity contribution >= 4 is 18.1 Å². The van der Waals surface area contributed by atoms with Crippen LogP contribution in [0.1, 0.15) is 57.1 Å². The van der Waals surface area contributed by atoms with E-state index in [1.54, 1.807) is 4.90 Å². The number of aliphatic hydroxyl groups is 1. The molecule has 4 rings (SSSR count). The van der Waals surface area contributed by atoms with E-state index in [-0.39, 0.29) is 37.7 Å². The number of carbonyl (C=O) groups is 3. The summed E-state index contributed by atoms with van der Waals surface area (Å²) in [6, 6.07) is 15.8. The Morgan fingerprint density at radius 1 is 0.952 bits per heavy atom. The number of hydrogen-bond donors (Lipinski definition) is 3. The van der Waals surface area contributed by atoms with Gasteiger partial charge in [0.15, 0.2) is 0 Å². The number of amides is 3. The molecule has 2 aromatic rings. The summed E-state index contributed by atoms with van der Waals surface area (Å²) in [5.41, 5.74) is 4.13. The summed E-state index contributed by atoms with van der Waals surface area (Å²) < 4.78 is 11.0. The first-order chi connectivity index (χ1) is 20.1. The molecule has 2 aromatic carbocycles. The van der Waals surface area contributed by atoms with Gasteiger partial charge in [0, 0.05) is 38.6 Å². The van der Waals surface area contributed by atoms with E-state index in [1.165, 1.54) is 11.1 Å². The number of nitrogens with zero attached hydrogens (tertiary/aromatic N) is 2. The molecule has 228 valence electrons. The van der Waals surface area contributed by atoms with Gasteiger partial charge in [-0.25, -0.2) is 9.59 Å². The smallest absolute Gasteiger partial charge is 0.407 e. The van der Waals surface area contributed by atoms with Crippen molar-refractivity contribution in [3.05, 3.63) is 59.7 Å². The maximum atomic E-state index is 12.6. The number of rotatable bonds is 11. The summed E-state index contributed by atoms with van der Waals surface area (Å²) in [7, 11) is 0.